The van der Waals surface area contributed by atoms with Gasteiger partial charge in [-0.15, -0.1) is 11.3 Å². The van der Waals surface area contributed by atoms with Crippen LogP contribution in [0.25, 0.3) is 59.2 Å². The summed E-state index contributed by atoms with van der Waals surface area (Å²) in [5.74, 6) is 1.76. The van der Waals surface area contributed by atoms with Crippen LogP contribution in [0.3, 0.4) is 0 Å². The number of fused-ring (bicyclic) bond motifs is 6. The molecule has 0 aliphatic carbocycles. The molecule has 3 heterocycles. The normalized spacial score (nSPS) is 12.3. The third kappa shape index (κ3) is 3.36. The summed E-state index contributed by atoms with van der Waals surface area (Å²) in [7, 11) is 0. The fourth-order valence-electron chi connectivity index (χ4n) is 5.64. The summed E-state index contributed by atoms with van der Waals surface area (Å²) < 4.78 is 11.1. The summed E-state index contributed by atoms with van der Waals surface area (Å²) in [5, 5.41) is 4.98. The van der Waals surface area contributed by atoms with Gasteiger partial charge in [-0.25, -0.2) is 4.98 Å². The van der Waals surface area contributed by atoms with E-state index in [9.17, 15) is 0 Å². The van der Waals surface area contributed by atoms with E-state index >= 15 is 0 Å². The second-order valence-electron chi connectivity index (χ2n) is 10.4. The van der Waals surface area contributed by atoms with Crippen LogP contribution < -0.4 is 0 Å². The van der Waals surface area contributed by atoms with E-state index in [4.69, 9.17) is 9.40 Å². The van der Waals surface area contributed by atoms with Gasteiger partial charge in [0.1, 0.15) is 17.0 Å². The Kier molecular flexibility index (Phi) is 5.02. The number of furan rings is 1. The van der Waals surface area contributed by atoms with Gasteiger partial charge in [0.05, 0.1) is 10.4 Å². The number of nitrogens with zero attached hydrogens (tertiary/aromatic N) is 2. The minimum absolute atomic E-state index is 0.373. The molecule has 0 aliphatic rings. The van der Waals surface area contributed by atoms with Crippen molar-refractivity contribution >= 4 is 53.4 Å². The monoisotopic (exact) mass is 500 g/mol. The lowest BCUT2D eigenvalue weighted by molar-refractivity contribution is 0.669. The van der Waals surface area contributed by atoms with Gasteiger partial charge in [0.25, 0.3) is 0 Å². The van der Waals surface area contributed by atoms with E-state index < -0.39 is 0 Å². The Bertz CT molecular complexity index is 1950. The van der Waals surface area contributed by atoms with Crippen LogP contribution in [-0.2, 0) is 0 Å². The first-order valence-electron chi connectivity index (χ1n) is 12.9. The van der Waals surface area contributed by atoms with Crippen LogP contribution in [0.5, 0.6) is 0 Å². The van der Waals surface area contributed by atoms with Crippen LogP contribution in [0.2, 0.25) is 0 Å². The lowest BCUT2D eigenvalue weighted by Crippen LogP contribution is -2.05. The Morgan fingerprint density at radius 3 is 2.30 bits per heavy atom. The van der Waals surface area contributed by atoms with E-state index in [2.05, 4.69) is 99.1 Å². The van der Waals surface area contributed by atoms with E-state index in [1.54, 1.807) is 0 Å². The Labute approximate surface area is 220 Å². The van der Waals surface area contributed by atoms with Crippen molar-refractivity contribution in [1.82, 2.24) is 9.55 Å². The van der Waals surface area contributed by atoms with E-state index in [1.807, 2.05) is 29.7 Å². The van der Waals surface area contributed by atoms with Gasteiger partial charge in [-0.1, -0.05) is 70.2 Å². The SMILES string of the molecule is CC(C)c1cc(C(C)C)c2c(sc3ccccc32)c1-n1ccnc1-c1ccc2oc3ccccc3c2c1. The Morgan fingerprint density at radius 2 is 1.49 bits per heavy atom. The molecule has 182 valence electrons. The first-order valence-corrected chi connectivity index (χ1v) is 13.8. The van der Waals surface area contributed by atoms with Crippen molar-refractivity contribution in [2.75, 3.05) is 0 Å². The van der Waals surface area contributed by atoms with E-state index in [-0.39, 0.29) is 0 Å². The molecule has 3 aromatic heterocycles. The van der Waals surface area contributed by atoms with Crippen LogP contribution >= 0.6 is 11.3 Å². The molecule has 0 fully saturated rings. The fraction of sp³-hybridized carbons (Fsp3) is 0.182. The van der Waals surface area contributed by atoms with Crippen molar-refractivity contribution in [1.29, 1.82) is 0 Å². The van der Waals surface area contributed by atoms with Crippen LogP contribution in [0.1, 0.15) is 50.7 Å². The number of para-hydroxylation sites is 1. The second kappa shape index (κ2) is 8.32. The molecule has 0 radical (unpaired) electrons. The Morgan fingerprint density at radius 1 is 0.757 bits per heavy atom. The molecule has 7 rings (SSSR count). The predicted octanol–water partition coefficient (Wildman–Crippen LogP) is 10.1. The van der Waals surface area contributed by atoms with Gasteiger partial charge < -0.3 is 4.42 Å². The zero-order valence-corrected chi connectivity index (χ0v) is 22.3. The summed E-state index contributed by atoms with van der Waals surface area (Å²) in [6.45, 7) is 9.20. The van der Waals surface area contributed by atoms with Crippen molar-refractivity contribution in [3.63, 3.8) is 0 Å². The van der Waals surface area contributed by atoms with Crippen LogP contribution in [0.4, 0.5) is 0 Å². The Hall–Kier alpha value is -3.89. The minimum atomic E-state index is 0.373. The highest BCUT2D eigenvalue weighted by Gasteiger charge is 2.23. The lowest BCUT2D eigenvalue weighted by Gasteiger charge is -2.21. The molecule has 0 spiro atoms. The van der Waals surface area contributed by atoms with Gasteiger partial charge in [-0.2, -0.15) is 0 Å². The van der Waals surface area contributed by atoms with Crippen LogP contribution in [0, 0.1) is 0 Å². The summed E-state index contributed by atoms with van der Waals surface area (Å²) in [5.41, 5.74) is 6.93. The quantitative estimate of drug-likeness (QED) is 0.241. The smallest absolute Gasteiger partial charge is 0.144 e. The average molecular weight is 501 g/mol. The van der Waals surface area contributed by atoms with Crippen molar-refractivity contribution in [3.8, 4) is 17.1 Å². The number of imidazole rings is 1. The van der Waals surface area contributed by atoms with Gasteiger partial charge in [-0.3, -0.25) is 4.57 Å². The molecule has 4 aromatic carbocycles. The number of aromatic nitrogens is 2. The summed E-state index contributed by atoms with van der Waals surface area (Å²) in [4.78, 5) is 4.89. The zero-order chi connectivity index (χ0) is 25.3. The molecule has 3 nitrogen and oxygen atoms in total. The summed E-state index contributed by atoms with van der Waals surface area (Å²) in [6.07, 6.45) is 4.04. The van der Waals surface area contributed by atoms with Gasteiger partial charge in [0.2, 0.25) is 0 Å². The molecule has 0 saturated heterocycles. The highest BCUT2D eigenvalue weighted by molar-refractivity contribution is 7.26. The highest BCUT2D eigenvalue weighted by atomic mass is 32.1. The van der Waals surface area contributed by atoms with E-state index in [1.165, 1.54) is 37.0 Å². The van der Waals surface area contributed by atoms with Gasteiger partial charge in [0.15, 0.2) is 0 Å². The highest BCUT2D eigenvalue weighted by Crippen LogP contribution is 2.45. The van der Waals surface area contributed by atoms with Crippen LogP contribution in [-0.4, -0.2) is 9.55 Å². The maximum absolute atomic E-state index is 6.09. The van der Waals surface area contributed by atoms with Crippen LogP contribution in [0.15, 0.2) is 89.6 Å². The van der Waals surface area contributed by atoms with Crippen molar-refractivity contribution < 1.29 is 4.42 Å². The maximum atomic E-state index is 6.09. The Balaban J connectivity index is 1.54. The van der Waals surface area contributed by atoms with Crippen molar-refractivity contribution in [2.45, 2.75) is 39.5 Å². The molecule has 0 unspecified atom stereocenters. The summed E-state index contributed by atoms with van der Waals surface area (Å²) in [6, 6.07) is 25.9. The van der Waals surface area contributed by atoms with Crippen molar-refractivity contribution in [2.24, 2.45) is 0 Å². The van der Waals surface area contributed by atoms with Gasteiger partial charge >= 0.3 is 0 Å². The molecule has 0 aliphatic heterocycles. The second-order valence-corrected chi connectivity index (χ2v) is 11.5. The zero-order valence-electron chi connectivity index (χ0n) is 21.4. The summed E-state index contributed by atoms with van der Waals surface area (Å²) >= 11 is 1.90. The third-order valence-electron chi connectivity index (χ3n) is 7.44. The molecule has 0 amide bonds. The first kappa shape index (κ1) is 22.3. The molecule has 0 atom stereocenters. The first-order chi connectivity index (χ1) is 18.0. The standard InChI is InChI=1S/C33H28N2OS/c1-19(2)24-18-25(20(3)4)31(32-30(24)23-10-6-8-12-29(23)37-32)35-16-15-34-33(35)21-13-14-28-26(17-21)22-9-5-7-11-27(22)36-28/h5-20H,1-4H3. The molecular weight excluding hydrogens is 472 g/mol. The lowest BCUT2D eigenvalue weighted by atomic mass is 9.90. The number of thiophene rings is 1. The molecule has 4 heteroatoms. The fourth-order valence-corrected chi connectivity index (χ4v) is 6.93. The number of benzene rings is 4. The van der Waals surface area contributed by atoms with E-state index in [0.717, 1.165) is 33.3 Å². The molecule has 0 N–H and O–H groups in total. The number of hydrogen-bond acceptors (Lipinski definition) is 3. The molecule has 0 bridgehead atoms. The molecular formula is C33H28N2OS. The third-order valence-corrected chi connectivity index (χ3v) is 8.62. The largest absolute Gasteiger partial charge is 0.456 e. The maximum Gasteiger partial charge on any atom is 0.144 e. The van der Waals surface area contributed by atoms with Gasteiger partial charge in [-0.05, 0) is 53.3 Å². The molecule has 37 heavy (non-hydrogen) atoms. The number of rotatable bonds is 4. The average Bonchev–Trinajstić information content (AvgIpc) is 3.62. The van der Waals surface area contributed by atoms with Gasteiger partial charge in [0, 0.05) is 44.2 Å². The van der Waals surface area contributed by atoms with Crippen molar-refractivity contribution in [3.05, 3.63) is 96.3 Å². The predicted molar refractivity (Wildman–Crippen MR) is 157 cm³/mol. The van der Waals surface area contributed by atoms with E-state index in [0.29, 0.717) is 11.8 Å². The molecule has 7 aromatic rings. The topological polar surface area (TPSA) is 31.0 Å². The minimum Gasteiger partial charge on any atom is -0.456 e. The molecule has 0 saturated carbocycles. The number of hydrogen-bond donors (Lipinski definition) is 0.